The number of Topliss-reactive ketones (excluding diaryl/α,β-unsaturated/α-hetero) is 1. The minimum absolute atomic E-state index is 0.145. The Kier molecular flexibility index (Phi) is 6.10. The average molecular weight is 310 g/mol. The van der Waals surface area contributed by atoms with Crippen molar-refractivity contribution in [2.45, 2.75) is 32.6 Å². The van der Waals surface area contributed by atoms with Gasteiger partial charge in [0.2, 0.25) is 0 Å². The molecule has 0 spiro atoms. The Morgan fingerprint density at radius 1 is 0.957 bits per heavy atom. The molecule has 2 aromatic carbocycles. The van der Waals surface area contributed by atoms with Crippen LogP contribution in [-0.4, -0.2) is 18.4 Å². The number of hydrogen-bond donors (Lipinski definition) is 0. The number of ketones is 1. The van der Waals surface area contributed by atoms with Crippen LogP contribution in [0.1, 0.15) is 36.5 Å². The molecule has 3 heteroatoms. The zero-order valence-electron chi connectivity index (χ0n) is 13.6. The van der Waals surface area contributed by atoms with Crippen LogP contribution in [0.2, 0.25) is 0 Å². The molecule has 3 nitrogen and oxygen atoms in total. The number of carbonyl (C=O) groups excluding carboxylic acids is 2. The third-order valence-corrected chi connectivity index (χ3v) is 3.69. The molecule has 0 N–H and O–H groups in total. The van der Waals surface area contributed by atoms with Gasteiger partial charge in [0, 0.05) is 6.42 Å². The maximum absolute atomic E-state index is 12.3. The fourth-order valence-corrected chi connectivity index (χ4v) is 2.58. The van der Waals surface area contributed by atoms with Gasteiger partial charge in [-0.1, -0.05) is 54.6 Å². The highest BCUT2D eigenvalue weighted by molar-refractivity contribution is 5.79. The Hall–Kier alpha value is -2.42. The number of rotatable bonds is 7. The van der Waals surface area contributed by atoms with Gasteiger partial charge in [-0.25, -0.2) is 0 Å². The van der Waals surface area contributed by atoms with Crippen LogP contribution in [-0.2, 0) is 27.2 Å². The van der Waals surface area contributed by atoms with Crippen LogP contribution in [0.15, 0.2) is 54.6 Å². The first kappa shape index (κ1) is 16.9. The monoisotopic (exact) mass is 310 g/mol. The van der Waals surface area contributed by atoms with Crippen molar-refractivity contribution in [3.8, 4) is 0 Å². The van der Waals surface area contributed by atoms with Crippen molar-refractivity contribution in [3.63, 3.8) is 0 Å². The Labute approximate surface area is 137 Å². The number of ether oxygens (including phenoxy) is 1. The van der Waals surface area contributed by atoms with Crippen molar-refractivity contribution in [1.82, 2.24) is 0 Å². The van der Waals surface area contributed by atoms with E-state index in [-0.39, 0.29) is 17.7 Å². The van der Waals surface area contributed by atoms with Crippen LogP contribution in [0.5, 0.6) is 0 Å². The molecule has 0 saturated heterocycles. The number of benzene rings is 2. The summed E-state index contributed by atoms with van der Waals surface area (Å²) < 4.78 is 5.22. The third-order valence-electron chi connectivity index (χ3n) is 3.69. The van der Waals surface area contributed by atoms with E-state index in [0.717, 1.165) is 16.7 Å². The lowest BCUT2D eigenvalue weighted by molar-refractivity contribution is -0.145. The Bertz CT molecular complexity index is 644. The highest BCUT2D eigenvalue weighted by Gasteiger charge is 2.22. The van der Waals surface area contributed by atoms with Crippen molar-refractivity contribution in [1.29, 1.82) is 0 Å². The topological polar surface area (TPSA) is 43.4 Å². The quantitative estimate of drug-likeness (QED) is 0.732. The van der Waals surface area contributed by atoms with Gasteiger partial charge in [0.05, 0.1) is 12.5 Å². The molecule has 23 heavy (non-hydrogen) atoms. The van der Waals surface area contributed by atoms with Crippen LogP contribution in [0.25, 0.3) is 0 Å². The molecular weight excluding hydrogens is 288 g/mol. The van der Waals surface area contributed by atoms with Crippen molar-refractivity contribution >= 4 is 11.8 Å². The van der Waals surface area contributed by atoms with E-state index in [1.165, 1.54) is 0 Å². The largest absolute Gasteiger partial charge is 0.466 e. The van der Waals surface area contributed by atoms with Gasteiger partial charge in [-0.2, -0.15) is 0 Å². The summed E-state index contributed by atoms with van der Waals surface area (Å²) in [6.07, 6.45) is 1.03. The van der Waals surface area contributed by atoms with Gasteiger partial charge in [-0.3, -0.25) is 9.59 Å². The lowest BCUT2D eigenvalue weighted by Crippen LogP contribution is -2.18. The van der Waals surface area contributed by atoms with E-state index in [1.807, 2.05) is 61.5 Å². The zero-order valence-corrected chi connectivity index (χ0v) is 13.6. The zero-order chi connectivity index (χ0) is 16.7. The molecule has 0 amide bonds. The molecule has 120 valence electrons. The first-order valence-electron chi connectivity index (χ1n) is 7.89. The van der Waals surface area contributed by atoms with Crippen LogP contribution in [0, 0.1) is 0 Å². The van der Waals surface area contributed by atoms with E-state index in [0.29, 0.717) is 19.4 Å². The van der Waals surface area contributed by atoms with Crippen LogP contribution in [0.4, 0.5) is 0 Å². The van der Waals surface area contributed by atoms with Crippen LogP contribution < -0.4 is 0 Å². The fraction of sp³-hybridized carbons (Fsp3) is 0.300. The van der Waals surface area contributed by atoms with Crippen LogP contribution in [0.3, 0.4) is 0 Å². The Morgan fingerprint density at radius 3 is 2.13 bits per heavy atom. The summed E-state index contributed by atoms with van der Waals surface area (Å²) in [6, 6.07) is 17.5. The molecule has 0 saturated carbocycles. The summed E-state index contributed by atoms with van der Waals surface area (Å²) in [4.78, 5) is 23.5. The van der Waals surface area contributed by atoms with Gasteiger partial charge in [0.1, 0.15) is 5.78 Å². The lowest BCUT2D eigenvalue weighted by atomic mass is 9.91. The molecule has 0 aliphatic heterocycles. The van der Waals surface area contributed by atoms with Crippen molar-refractivity contribution in [2.24, 2.45) is 0 Å². The Balaban J connectivity index is 2.17. The normalized spacial score (nSPS) is 11.7. The molecule has 1 unspecified atom stereocenters. The maximum Gasteiger partial charge on any atom is 0.313 e. The summed E-state index contributed by atoms with van der Waals surface area (Å²) in [5.74, 6) is -0.368. The fourth-order valence-electron chi connectivity index (χ4n) is 2.58. The summed E-state index contributed by atoms with van der Waals surface area (Å²) in [6.45, 7) is 3.77. The molecule has 0 fully saturated rings. The number of hydrogen-bond acceptors (Lipinski definition) is 3. The van der Waals surface area contributed by atoms with Gasteiger partial charge in [0.25, 0.3) is 0 Å². The van der Waals surface area contributed by atoms with Crippen molar-refractivity contribution < 1.29 is 14.3 Å². The maximum atomic E-state index is 12.3. The lowest BCUT2D eigenvalue weighted by Gasteiger charge is -2.16. The minimum atomic E-state index is -0.310. The second-order valence-electron chi connectivity index (χ2n) is 5.61. The van der Waals surface area contributed by atoms with Crippen molar-refractivity contribution in [2.75, 3.05) is 6.61 Å². The van der Waals surface area contributed by atoms with Gasteiger partial charge >= 0.3 is 5.97 Å². The van der Waals surface area contributed by atoms with Crippen LogP contribution >= 0.6 is 0 Å². The number of carbonyl (C=O) groups is 2. The average Bonchev–Trinajstić information content (AvgIpc) is 2.54. The van der Waals surface area contributed by atoms with E-state index in [2.05, 4.69) is 0 Å². The standard InChI is InChI=1S/C20H22O3/c1-3-23-20(22)19(18-7-5-4-6-8-18)14-17-11-9-16(10-12-17)13-15(2)21/h4-12,19H,3,13-14H2,1-2H3. The first-order chi connectivity index (χ1) is 11.1. The molecule has 0 aliphatic rings. The number of esters is 1. The molecule has 1 atom stereocenters. The third kappa shape index (κ3) is 5.06. The summed E-state index contributed by atoms with van der Waals surface area (Å²) >= 11 is 0. The van der Waals surface area contributed by atoms with Gasteiger partial charge in [0.15, 0.2) is 0 Å². The minimum Gasteiger partial charge on any atom is -0.466 e. The van der Waals surface area contributed by atoms with E-state index in [1.54, 1.807) is 6.92 Å². The van der Waals surface area contributed by atoms with Gasteiger partial charge < -0.3 is 4.74 Å². The SMILES string of the molecule is CCOC(=O)C(Cc1ccc(CC(C)=O)cc1)c1ccccc1. The van der Waals surface area contributed by atoms with E-state index in [4.69, 9.17) is 4.74 Å². The van der Waals surface area contributed by atoms with E-state index in [9.17, 15) is 9.59 Å². The summed E-state index contributed by atoms with van der Waals surface area (Å²) in [5, 5.41) is 0. The molecular formula is C20H22O3. The second kappa shape index (κ2) is 8.28. The highest BCUT2D eigenvalue weighted by Crippen LogP contribution is 2.23. The molecule has 0 aliphatic carbocycles. The molecule has 2 aromatic rings. The predicted octanol–water partition coefficient (Wildman–Crippen LogP) is 3.71. The predicted molar refractivity (Wildman–Crippen MR) is 90.3 cm³/mol. The Morgan fingerprint density at radius 2 is 1.57 bits per heavy atom. The van der Waals surface area contributed by atoms with Gasteiger partial charge in [-0.15, -0.1) is 0 Å². The highest BCUT2D eigenvalue weighted by atomic mass is 16.5. The molecule has 0 heterocycles. The first-order valence-corrected chi connectivity index (χ1v) is 7.89. The van der Waals surface area contributed by atoms with Crippen molar-refractivity contribution in [3.05, 3.63) is 71.3 Å². The summed E-state index contributed by atoms with van der Waals surface area (Å²) in [7, 11) is 0. The molecule has 0 aromatic heterocycles. The molecule has 0 bridgehead atoms. The van der Waals surface area contributed by atoms with Gasteiger partial charge in [-0.05, 0) is 37.0 Å². The second-order valence-corrected chi connectivity index (χ2v) is 5.61. The molecule has 2 rings (SSSR count). The van der Waals surface area contributed by atoms with E-state index >= 15 is 0 Å². The molecule has 0 radical (unpaired) electrons. The summed E-state index contributed by atoms with van der Waals surface area (Å²) in [5.41, 5.74) is 3.01. The smallest absolute Gasteiger partial charge is 0.313 e. The van der Waals surface area contributed by atoms with E-state index < -0.39 is 0 Å².